The van der Waals surface area contributed by atoms with E-state index >= 15 is 0 Å². The van der Waals surface area contributed by atoms with Gasteiger partial charge in [0, 0.05) is 13.1 Å². The minimum absolute atomic E-state index is 0.0863. The molecule has 0 saturated carbocycles. The predicted octanol–water partition coefficient (Wildman–Crippen LogP) is 2.99. The first-order valence-electron chi connectivity index (χ1n) is 8.61. The number of ether oxygens (including phenoxy) is 3. The Kier molecular flexibility index (Phi) is 5.96. The summed E-state index contributed by atoms with van der Waals surface area (Å²) in [6.45, 7) is 2.08. The van der Waals surface area contributed by atoms with Crippen LogP contribution in [0.4, 0.5) is 4.79 Å². The molecule has 0 aliphatic carbocycles. The number of urea groups is 1. The number of rotatable bonds is 5. The molecule has 1 heterocycles. The lowest BCUT2D eigenvalue weighted by Gasteiger charge is -2.33. The van der Waals surface area contributed by atoms with Crippen molar-refractivity contribution in [2.24, 2.45) is 0 Å². The van der Waals surface area contributed by atoms with E-state index in [0.29, 0.717) is 37.7 Å². The summed E-state index contributed by atoms with van der Waals surface area (Å²) in [5.41, 5.74) is 2.04. The monoisotopic (exact) mass is 356 g/mol. The number of carbonyl (C=O) groups is 1. The highest BCUT2D eigenvalue weighted by atomic mass is 16.5. The van der Waals surface area contributed by atoms with E-state index in [-0.39, 0.29) is 12.1 Å². The van der Waals surface area contributed by atoms with Crippen LogP contribution in [0.5, 0.6) is 11.5 Å². The number of nitrogens with one attached hydrogen (secondary N) is 1. The normalized spacial score (nSPS) is 16.8. The highest BCUT2D eigenvalue weighted by Gasteiger charge is 2.25. The second kappa shape index (κ2) is 8.58. The van der Waals surface area contributed by atoms with Crippen molar-refractivity contribution in [1.29, 1.82) is 0 Å². The first-order chi connectivity index (χ1) is 12.7. The van der Waals surface area contributed by atoms with Crippen molar-refractivity contribution in [1.82, 2.24) is 10.2 Å². The summed E-state index contributed by atoms with van der Waals surface area (Å²) in [5.74, 6) is 1.32. The highest BCUT2D eigenvalue weighted by Crippen LogP contribution is 2.27. The molecule has 1 aliphatic rings. The van der Waals surface area contributed by atoms with Crippen LogP contribution in [0.25, 0.3) is 0 Å². The number of nitrogens with zero attached hydrogens (tertiary/aromatic N) is 1. The van der Waals surface area contributed by atoms with Crippen LogP contribution in [0, 0.1) is 0 Å². The van der Waals surface area contributed by atoms with Gasteiger partial charge in [-0.05, 0) is 23.3 Å². The van der Waals surface area contributed by atoms with Crippen LogP contribution in [0.15, 0.2) is 48.5 Å². The molecule has 3 rings (SSSR count). The second-order valence-electron chi connectivity index (χ2n) is 6.06. The molecule has 2 aromatic rings. The molecule has 1 saturated heterocycles. The molecule has 1 N–H and O–H groups in total. The maximum absolute atomic E-state index is 12.5. The zero-order valence-corrected chi connectivity index (χ0v) is 15.1. The SMILES string of the molecule is COc1ccc(CNC(=O)N2CCO[C@@H](c3ccccc3)C2)cc1OC. The third-order valence-corrected chi connectivity index (χ3v) is 4.42. The van der Waals surface area contributed by atoms with Crippen LogP contribution >= 0.6 is 0 Å². The summed E-state index contributed by atoms with van der Waals surface area (Å²) in [6, 6.07) is 15.5. The third-order valence-electron chi connectivity index (χ3n) is 4.42. The van der Waals surface area contributed by atoms with Crippen LogP contribution in [-0.2, 0) is 11.3 Å². The molecule has 1 fully saturated rings. The average molecular weight is 356 g/mol. The van der Waals surface area contributed by atoms with E-state index < -0.39 is 0 Å². The summed E-state index contributed by atoms with van der Waals surface area (Å²) < 4.78 is 16.3. The van der Waals surface area contributed by atoms with Gasteiger partial charge >= 0.3 is 6.03 Å². The maximum Gasteiger partial charge on any atom is 0.317 e. The second-order valence-corrected chi connectivity index (χ2v) is 6.06. The van der Waals surface area contributed by atoms with E-state index in [4.69, 9.17) is 14.2 Å². The molecular weight excluding hydrogens is 332 g/mol. The van der Waals surface area contributed by atoms with Gasteiger partial charge in [0.2, 0.25) is 0 Å². The number of benzene rings is 2. The molecule has 6 heteroatoms. The van der Waals surface area contributed by atoms with Gasteiger partial charge in [0.25, 0.3) is 0 Å². The predicted molar refractivity (Wildman–Crippen MR) is 98.5 cm³/mol. The molecule has 1 aliphatic heterocycles. The van der Waals surface area contributed by atoms with Crippen LogP contribution < -0.4 is 14.8 Å². The van der Waals surface area contributed by atoms with Gasteiger partial charge in [0.05, 0.1) is 27.4 Å². The molecule has 0 bridgehead atoms. The van der Waals surface area contributed by atoms with Crippen molar-refractivity contribution < 1.29 is 19.0 Å². The van der Waals surface area contributed by atoms with Gasteiger partial charge in [-0.25, -0.2) is 4.79 Å². The third kappa shape index (κ3) is 4.26. The lowest BCUT2D eigenvalue weighted by atomic mass is 10.1. The Bertz CT molecular complexity index is 736. The lowest BCUT2D eigenvalue weighted by Crippen LogP contribution is -2.46. The fourth-order valence-corrected chi connectivity index (χ4v) is 2.98. The topological polar surface area (TPSA) is 60.0 Å². The molecule has 6 nitrogen and oxygen atoms in total. The van der Waals surface area contributed by atoms with E-state index in [1.807, 2.05) is 48.5 Å². The number of morpholine rings is 1. The molecule has 2 amide bonds. The van der Waals surface area contributed by atoms with Gasteiger partial charge in [-0.15, -0.1) is 0 Å². The number of amides is 2. The maximum atomic E-state index is 12.5. The highest BCUT2D eigenvalue weighted by molar-refractivity contribution is 5.74. The van der Waals surface area contributed by atoms with Gasteiger partial charge in [0.1, 0.15) is 6.10 Å². The molecule has 0 aromatic heterocycles. The molecule has 0 spiro atoms. The number of methoxy groups -OCH3 is 2. The molecule has 138 valence electrons. The number of carbonyl (C=O) groups excluding carboxylic acids is 1. The van der Waals surface area contributed by atoms with Crippen LogP contribution in [-0.4, -0.2) is 44.8 Å². The summed E-state index contributed by atoms with van der Waals surface area (Å²) in [6.07, 6.45) is -0.0863. The Morgan fingerprint density at radius 3 is 2.65 bits per heavy atom. The smallest absolute Gasteiger partial charge is 0.317 e. The van der Waals surface area contributed by atoms with Crippen molar-refractivity contribution >= 4 is 6.03 Å². The average Bonchev–Trinajstić information content (AvgIpc) is 2.72. The van der Waals surface area contributed by atoms with E-state index in [0.717, 1.165) is 11.1 Å². The van der Waals surface area contributed by atoms with Crippen molar-refractivity contribution in [2.75, 3.05) is 33.9 Å². The van der Waals surface area contributed by atoms with Crippen molar-refractivity contribution in [3.8, 4) is 11.5 Å². The van der Waals surface area contributed by atoms with Crippen molar-refractivity contribution in [3.05, 3.63) is 59.7 Å². The zero-order valence-electron chi connectivity index (χ0n) is 15.1. The standard InChI is InChI=1S/C20H24N2O4/c1-24-17-9-8-15(12-18(17)25-2)13-21-20(23)22-10-11-26-19(14-22)16-6-4-3-5-7-16/h3-9,12,19H,10-11,13-14H2,1-2H3,(H,21,23)/t19-/m1/s1. The first kappa shape index (κ1) is 18.1. The number of hydrogen-bond donors (Lipinski definition) is 1. The molecule has 2 aromatic carbocycles. The van der Waals surface area contributed by atoms with Crippen LogP contribution in [0.3, 0.4) is 0 Å². The molecule has 26 heavy (non-hydrogen) atoms. The van der Waals surface area contributed by atoms with Gasteiger partial charge in [-0.2, -0.15) is 0 Å². The van der Waals surface area contributed by atoms with E-state index in [2.05, 4.69) is 5.32 Å². The summed E-state index contributed by atoms with van der Waals surface area (Å²) in [7, 11) is 3.19. The summed E-state index contributed by atoms with van der Waals surface area (Å²) in [4.78, 5) is 14.3. The minimum atomic E-state index is -0.0935. The minimum Gasteiger partial charge on any atom is -0.493 e. The molecule has 0 radical (unpaired) electrons. The Morgan fingerprint density at radius 2 is 1.92 bits per heavy atom. The van der Waals surface area contributed by atoms with Gasteiger partial charge in [0.15, 0.2) is 11.5 Å². The van der Waals surface area contributed by atoms with Gasteiger partial charge in [-0.3, -0.25) is 0 Å². The molecule has 0 unspecified atom stereocenters. The van der Waals surface area contributed by atoms with Gasteiger partial charge < -0.3 is 24.4 Å². The van der Waals surface area contributed by atoms with E-state index in [1.54, 1.807) is 19.1 Å². The summed E-state index contributed by atoms with van der Waals surface area (Å²) >= 11 is 0. The van der Waals surface area contributed by atoms with E-state index in [1.165, 1.54) is 0 Å². The Labute approximate surface area is 153 Å². The number of hydrogen-bond acceptors (Lipinski definition) is 4. The van der Waals surface area contributed by atoms with Crippen LogP contribution in [0.2, 0.25) is 0 Å². The summed E-state index contributed by atoms with van der Waals surface area (Å²) in [5, 5.41) is 2.96. The van der Waals surface area contributed by atoms with E-state index in [9.17, 15) is 4.79 Å². The molecular formula is C20H24N2O4. The Balaban J connectivity index is 1.58. The van der Waals surface area contributed by atoms with Crippen molar-refractivity contribution in [2.45, 2.75) is 12.6 Å². The Morgan fingerprint density at radius 1 is 1.15 bits per heavy atom. The fraction of sp³-hybridized carbons (Fsp3) is 0.350. The zero-order chi connectivity index (χ0) is 18.4. The van der Waals surface area contributed by atoms with Crippen molar-refractivity contribution in [3.63, 3.8) is 0 Å². The quantitative estimate of drug-likeness (QED) is 0.895. The lowest BCUT2D eigenvalue weighted by molar-refractivity contribution is -0.0154. The largest absolute Gasteiger partial charge is 0.493 e. The van der Waals surface area contributed by atoms with Gasteiger partial charge in [-0.1, -0.05) is 36.4 Å². The Hall–Kier alpha value is -2.73. The van der Waals surface area contributed by atoms with Crippen LogP contribution in [0.1, 0.15) is 17.2 Å². The molecule has 1 atom stereocenters. The first-order valence-corrected chi connectivity index (χ1v) is 8.61. The fourth-order valence-electron chi connectivity index (χ4n) is 2.98.